The van der Waals surface area contributed by atoms with Gasteiger partial charge in [-0.05, 0) is 45.4 Å². The van der Waals surface area contributed by atoms with Crippen molar-refractivity contribution in [2.75, 3.05) is 13.2 Å². The summed E-state index contributed by atoms with van der Waals surface area (Å²) in [6, 6.07) is 16.2. The zero-order valence-electron chi connectivity index (χ0n) is 17.7. The summed E-state index contributed by atoms with van der Waals surface area (Å²) in [6.45, 7) is 7.88. The number of ether oxygens (including phenoxy) is 1. The van der Waals surface area contributed by atoms with Crippen molar-refractivity contribution >= 4 is 27.2 Å². The fraction of sp³-hybridized carbons (Fsp3) is 0.409. The van der Waals surface area contributed by atoms with Gasteiger partial charge < -0.3 is 4.74 Å². The molecule has 1 aliphatic heterocycles. The minimum Gasteiger partial charge on any atom is -0.377 e. The highest BCUT2D eigenvalue weighted by Crippen LogP contribution is 2.32. The van der Waals surface area contributed by atoms with Gasteiger partial charge in [0.05, 0.1) is 22.9 Å². The Hall–Kier alpha value is -1.87. The first-order valence-electron chi connectivity index (χ1n) is 9.73. The van der Waals surface area contributed by atoms with Crippen LogP contribution in [0.2, 0.25) is 0 Å². The normalized spacial score (nSPS) is 17.8. The maximum Gasteiger partial charge on any atom is 0.244 e. The van der Waals surface area contributed by atoms with Crippen molar-refractivity contribution in [3.8, 4) is 0 Å². The van der Waals surface area contributed by atoms with Crippen molar-refractivity contribution in [1.82, 2.24) is 4.31 Å². The Morgan fingerprint density at radius 2 is 1.70 bits per heavy atom. The van der Waals surface area contributed by atoms with Crippen LogP contribution < -0.4 is 0 Å². The van der Waals surface area contributed by atoms with Gasteiger partial charge in [-0.3, -0.25) is 0 Å². The first kappa shape index (κ1) is 22.8. The van der Waals surface area contributed by atoms with Crippen LogP contribution in [-0.4, -0.2) is 46.6 Å². The van der Waals surface area contributed by atoms with E-state index in [1.165, 1.54) is 10.5 Å². The smallest absolute Gasteiger partial charge is 0.244 e. The third-order valence-corrected chi connectivity index (χ3v) is 8.18. The Labute approximate surface area is 181 Å². The number of aryl methyl sites for hydroxylation is 1. The molecule has 3 rings (SSSR count). The van der Waals surface area contributed by atoms with Gasteiger partial charge in [-0.2, -0.15) is 8.70 Å². The lowest BCUT2D eigenvalue weighted by Gasteiger charge is -2.46. The third-order valence-electron chi connectivity index (χ3n) is 4.89. The van der Waals surface area contributed by atoms with Crippen LogP contribution in [0.3, 0.4) is 0 Å². The van der Waals surface area contributed by atoms with E-state index in [2.05, 4.69) is 4.40 Å². The van der Waals surface area contributed by atoms with E-state index in [0.717, 1.165) is 11.1 Å². The molecule has 8 heteroatoms. The molecule has 162 valence electrons. The van der Waals surface area contributed by atoms with Crippen LogP contribution in [0.5, 0.6) is 0 Å². The molecule has 0 amide bonds. The number of nitrogens with zero attached hydrogens (tertiary/aromatic N) is 2. The van der Waals surface area contributed by atoms with Crippen LogP contribution in [-0.2, 0) is 32.3 Å². The van der Waals surface area contributed by atoms with Gasteiger partial charge in [0.25, 0.3) is 0 Å². The number of hydrogen-bond acceptors (Lipinski definition) is 4. The molecule has 2 aromatic rings. The Balaban J connectivity index is 2.05. The minimum absolute atomic E-state index is 0.161. The van der Waals surface area contributed by atoms with Crippen LogP contribution in [0.15, 0.2) is 63.9 Å². The summed E-state index contributed by atoms with van der Waals surface area (Å²) >= 11 is 0. The number of sulfonamides is 1. The van der Waals surface area contributed by atoms with Gasteiger partial charge >= 0.3 is 0 Å². The molecule has 0 saturated carbocycles. The van der Waals surface area contributed by atoms with Gasteiger partial charge in [0.1, 0.15) is 16.5 Å². The molecule has 2 aromatic carbocycles. The van der Waals surface area contributed by atoms with Gasteiger partial charge in [0.2, 0.25) is 10.0 Å². The molecule has 6 nitrogen and oxygen atoms in total. The molecule has 1 fully saturated rings. The molecular weight excluding hydrogens is 420 g/mol. The standard InChI is InChI=1S/C22H28N2O4S2/c1-18-10-12-20(13-11-18)30(26,27)24(14-19-8-6-5-7-9-19)22(16-28-17-22)15-23-29(25)21(2,3)4/h5-13,15H,14,16-17H2,1-4H3/b23-15+. The molecule has 1 saturated heterocycles. The van der Waals surface area contributed by atoms with Crippen molar-refractivity contribution in [3.63, 3.8) is 0 Å². The largest absolute Gasteiger partial charge is 0.377 e. The van der Waals surface area contributed by atoms with Gasteiger partial charge in [0.15, 0.2) is 0 Å². The molecule has 0 radical (unpaired) electrons. The average molecular weight is 449 g/mol. The zero-order chi connectivity index (χ0) is 22.0. The van der Waals surface area contributed by atoms with Gasteiger partial charge in [-0.1, -0.05) is 48.0 Å². The number of benzene rings is 2. The highest BCUT2D eigenvalue weighted by atomic mass is 32.2. The summed E-state index contributed by atoms with van der Waals surface area (Å²) in [5, 5.41) is 0. The van der Waals surface area contributed by atoms with Crippen molar-refractivity contribution < 1.29 is 17.4 Å². The molecule has 30 heavy (non-hydrogen) atoms. The predicted molar refractivity (Wildman–Crippen MR) is 120 cm³/mol. The summed E-state index contributed by atoms with van der Waals surface area (Å²) < 4.78 is 50.4. The molecule has 1 heterocycles. The lowest BCUT2D eigenvalue weighted by atomic mass is 9.99. The predicted octanol–water partition coefficient (Wildman–Crippen LogP) is 3.49. The summed E-state index contributed by atoms with van der Waals surface area (Å²) in [4.78, 5) is 0.209. The van der Waals surface area contributed by atoms with E-state index in [-0.39, 0.29) is 24.7 Å². The van der Waals surface area contributed by atoms with E-state index < -0.39 is 31.3 Å². The quantitative estimate of drug-likeness (QED) is 0.608. The van der Waals surface area contributed by atoms with Crippen molar-refractivity contribution in [3.05, 3.63) is 65.7 Å². The molecule has 1 unspecified atom stereocenters. The third kappa shape index (κ3) is 4.88. The Kier molecular flexibility index (Phi) is 6.62. The van der Waals surface area contributed by atoms with Gasteiger partial charge in [-0.15, -0.1) is 0 Å². The second-order valence-electron chi connectivity index (χ2n) is 8.50. The van der Waals surface area contributed by atoms with Crippen molar-refractivity contribution in [2.24, 2.45) is 4.40 Å². The maximum atomic E-state index is 13.7. The van der Waals surface area contributed by atoms with E-state index in [4.69, 9.17) is 4.74 Å². The SMILES string of the molecule is Cc1ccc(S(=O)(=O)N(Cc2ccccc2)C2(/C=N/S(=O)C(C)(C)C)COC2)cc1. The fourth-order valence-electron chi connectivity index (χ4n) is 2.97. The molecule has 0 aromatic heterocycles. The molecule has 1 aliphatic rings. The monoisotopic (exact) mass is 448 g/mol. The Morgan fingerprint density at radius 1 is 1.10 bits per heavy atom. The molecular formula is C22H28N2O4S2. The minimum atomic E-state index is -3.85. The first-order chi connectivity index (χ1) is 14.0. The molecule has 0 N–H and O–H groups in total. The average Bonchev–Trinajstić information content (AvgIpc) is 2.66. The molecule has 0 spiro atoms. The second-order valence-corrected chi connectivity index (χ2v) is 12.3. The van der Waals surface area contributed by atoms with E-state index in [1.54, 1.807) is 24.3 Å². The van der Waals surface area contributed by atoms with Crippen LogP contribution in [0.25, 0.3) is 0 Å². The summed E-state index contributed by atoms with van der Waals surface area (Å²) in [7, 11) is -5.35. The second kappa shape index (κ2) is 8.70. The lowest BCUT2D eigenvalue weighted by molar-refractivity contribution is -0.0709. The molecule has 1 atom stereocenters. The number of rotatable bonds is 7. The van der Waals surface area contributed by atoms with Crippen molar-refractivity contribution in [2.45, 2.75) is 49.4 Å². The van der Waals surface area contributed by atoms with Crippen LogP contribution >= 0.6 is 0 Å². The van der Waals surface area contributed by atoms with Gasteiger partial charge in [0, 0.05) is 12.8 Å². The summed E-state index contributed by atoms with van der Waals surface area (Å²) in [6.07, 6.45) is 1.51. The summed E-state index contributed by atoms with van der Waals surface area (Å²) in [5.74, 6) is 0. The van der Waals surface area contributed by atoms with Crippen LogP contribution in [0.1, 0.15) is 31.9 Å². The number of hydrogen-bond donors (Lipinski definition) is 0. The first-order valence-corrected chi connectivity index (χ1v) is 12.3. The van der Waals surface area contributed by atoms with Gasteiger partial charge in [-0.25, -0.2) is 12.6 Å². The van der Waals surface area contributed by atoms with E-state index >= 15 is 0 Å². The highest BCUT2D eigenvalue weighted by Gasteiger charge is 2.49. The Morgan fingerprint density at radius 3 is 2.20 bits per heavy atom. The Bertz CT molecular complexity index is 1020. The van der Waals surface area contributed by atoms with E-state index in [0.29, 0.717) is 0 Å². The topological polar surface area (TPSA) is 76.0 Å². The molecule has 0 aliphatic carbocycles. The van der Waals surface area contributed by atoms with Crippen molar-refractivity contribution in [1.29, 1.82) is 0 Å². The highest BCUT2D eigenvalue weighted by molar-refractivity contribution is 7.89. The van der Waals surface area contributed by atoms with Crippen LogP contribution in [0.4, 0.5) is 0 Å². The van der Waals surface area contributed by atoms with E-state index in [1.807, 2.05) is 58.0 Å². The fourth-order valence-corrected chi connectivity index (χ4v) is 5.26. The molecule has 0 bridgehead atoms. The van der Waals surface area contributed by atoms with Crippen LogP contribution in [0, 0.1) is 6.92 Å². The van der Waals surface area contributed by atoms with E-state index in [9.17, 15) is 12.6 Å². The lowest BCUT2D eigenvalue weighted by Crippen LogP contribution is -2.64. The zero-order valence-corrected chi connectivity index (χ0v) is 19.4. The summed E-state index contributed by atoms with van der Waals surface area (Å²) in [5.41, 5.74) is 0.845. The maximum absolute atomic E-state index is 13.7.